The molecule has 1 aromatic carbocycles. The third-order valence-corrected chi connectivity index (χ3v) is 4.72. The Bertz CT molecular complexity index is 703. The molecule has 0 radical (unpaired) electrons. The van der Waals surface area contributed by atoms with Crippen LogP contribution in [0.15, 0.2) is 53.9 Å². The lowest BCUT2D eigenvalue weighted by Crippen LogP contribution is -2.47. The van der Waals surface area contributed by atoms with E-state index >= 15 is 0 Å². The molecule has 0 spiro atoms. The maximum Gasteiger partial charge on any atom is 0.142 e. The highest BCUT2D eigenvalue weighted by Crippen LogP contribution is 2.29. The Balaban J connectivity index is 2.08. The average molecular weight is 400 g/mol. The van der Waals surface area contributed by atoms with Crippen molar-refractivity contribution in [1.82, 2.24) is 5.32 Å². The molecule has 2 rings (SSSR count). The van der Waals surface area contributed by atoms with Gasteiger partial charge in [0.15, 0.2) is 0 Å². The summed E-state index contributed by atoms with van der Waals surface area (Å²) in [6.45, 7) is 3.92. The van der Waals surface area contributed by atoms with Gasteiger partial charge in [-0.1, -0.05) is 55.3 Å². The van der Waals surface area contributed by atoms with E-state index in [1.54, 1.807) is 30.4 Å². The number of halogens is 3. The Hall–Kier alpha value is -1.33. The number of aliphatic hydroxyl groups is 1. The number of ether oxygens (including phenoxy) is 1. The van der Waals surface area contributed by atoms with Crippen LogP contribution in [0.2, 0.25) is 10.0 Å². The first-order valence-electron chi connectivity index (χ1n) is 8.73. The zero-order chi connectivity index (χ0) is 19.1. The zero-order valence-corrected chi connectivity index (χ0v) is 16.4. The van der Waals surface area contributed by atoms with Crippen LogP contribution in [0.4, 0.5) is 4.39 Å². The van der Waals surface area contributed by atoms with Gasteiger partial charge in [-0.25, -0.2) is 4.39 Å². The first-order chi connectivity index (χ1) is 12.4. The topological polar surface area (TPSA) is 41.5 Å². The summed E-state index contributed by atoms with van der Waals surface area (Å²) in [5.41, 5.74) is 0.915. The molecule has 0 heterocycles. The van der Waals surface area contributed by atoms with E-state index < -0.39 is 12.3 Å². The molecule has 6 heteroatoms. The van der Waals surface area contributed by atoms with Crippen molar-refractivity contribution in [3.8, 4) is 5.75 Å². The molecule has 0 amide bonds. The Morgan fingerprint density at radius 1 is 1.23 bits per heavy atom. The van der Waals surface area contributed by atoms with Crippen molar-refractivity contribution in [2.45, 2.75) is 51.5 Å². The Labute approximate surface area is 164 Å². The van der Waals surface area contributed by atoms with Crippen molar-refractivity contribution in [3.63, 3.8) is 0 Å². The maximum atomic E-state index is 13.4. The number of benzene rings is 1. The number of nitrogens with one attached hydrogen (secondary N) is 1. The van der Waals surface area contributed by atoms with Crippen LogP contribution in [-0.2, 0) is 0 Å². The van der Waals surface area contributed by atoms with Gasteiger partial charge in [-0.15, -0.1) is 0 Å². The van der Waals surface area contributed by atoms with Crippen molar-refractivity contribution in [2.75, 3.05) is 0 Å². The summed E-state index contributed by atoms with van der Waals surface area (Å²) in [5.74, 6) is 0.286. The first-order valence-corrected chi connectivity index (χ1v) is 9.48. The fraction of sp³-hybridized carbons (Fsp3) is 0.400. The van der Waals surface area contributed by atoms with E-state index in [4.69, 9.17) is 27.9 Å². The van der Waals surface area contributed by atoms with Gasteiger partial charge in [0.25, 0.3) is 0 Å². The summed E-state index contributed by atoms with van der Waals surface area (Å²) in [6.07, 6.45) is 7.06. The molecule has 0 saturated carbocycles. The van der Waals surface area contributed by atoms with Crippen LogP contribution in [0, 0.1) is 0 Å². The summed E-state index contributed by atoms with van der Waals surface area (Å²) in [7, 11) is 0. The normalized spacial score (nSPS) is 17.8. The van der Waals surface area contributed by atoms with Crippen molar-refractivity contribution in [2.24, 2.45) is 0 Å². The van der Waals surface area contributed by atoms with Gasteiger partial charge in [-0.3, -0.25) is 5.32 Å². The molecule has 2 N–H and O–H groups in total. The van der Waals surface area contributed by atoms with Crippen molar-refractivity contribution in [1.29, 1.82) is 0 Å². The number of aliphatic hydroxyl groups excluding tert-OH is 1. The standard InChI is InChI=1S/C20H24Cl2FNO2/c1-3-17(13-6-5-7-15(23)10-8-13)24-20(25)18(4-2)26-19-11-9-14(21)12-16(19)22/h5-6,8-12,17-18,20,24-25H,3-4,7H2,1-2H3. The van der Waals surface area contributed by atoms with E-state index in [0.717, 1.165) is 12.0 Å². The van der Waals surface area contributed by atoms with Gasteiger partial charge in [0, 0.05) is 17.5 Å². The summed E-state index contributed by atoms with van der Waals surface area (Å²) >= 11 is 12.1. The third kappa shape index (κ3) is 5.85. The molecule has 1 aliphatic rings. The highest BCUT2D eigenvalue weighted by Gasteiger charge is 2.24. The monoisotopic (exact) mass is 399 g/mol. The van der Waals surface area contributed by atoms with Crippen molar-refractivity contribution < 1.29 is 14.2 Å². The van der Waals surface area contributed by atoms with Crippen LogP contribution < -0.4 is 10.1 Å². The smallest absolute Gasteiger partial charge is 0.142 e. The van der Waals surface area contributed by atoms with Crippen molar-refractivity contribution >= 4 is 23.2 Å². The first kappa shape index (κ1) is 21.0. The highest BCUT2D eigenvalue weighted by molar-refractivity contribution is 6.35. The lowest BCUT2D eigenvalue weighted by molar-refractivity contribution is 0.00672. The second kappa shape index (κ2) is 10.1. The van der Waals surface area contributed by atoms with E-state index in [9.17, 15) is 9.50 Å². The van der Waals surface area contributed by atoms with Gasteiger partial charge in [-0.05, 0) is 42.7 Å². The Morgan fingerprint density at radius 3 is 2.65 bits per heavy atom. The predicted molar refractivity (Wildman–Crippen MR) is 105 cm³/mol. The Kier molecular flexibility index (Phi) is 8.16. The van der Waals surface area contributed by atoms with Crippen LogP contribution in [0.25, 0.3) is 0 Å². The summed E-state index contributed by atoms with van der Waals surface area (Å²) in [4.78, 5) is 0. The molecule has 0 fully saturated rings. The van der Waals surface area contributed by atoms with Crippen LogP contribution in [0.1, 0.15) is 33.1 Å². The van der Waals surface area contributed by atoms with Gasteiger partial charge in [0.05, 0.1) is 5.02 Å². The average Bonchev–Trinajstić information content (AvgIpc) is 2.83. The van der Waals surface area contributed by atoms with E-state index in [2.05, 4.69) is 5.32 Å². The third-order valence-electron chi connectivity index (χ3n) is 4.19. The predicted octanol–water partition coefficient (Wildman–Crippen LogP) is 5.58. The molecular weight excluding hydrogens is 376 g/mol. The fourth-order valence-corrected chi connectivity index (χ4v) is 3.17. The lowest BCUT2D eigenvalue weighted by atomic mass is 10.0. The van der Waals surface area contributed by atoms with E-state index in [1.165, 1.54) is 6.08 Å². The van der Waals surface area contributed by atoms with Crippen LogP contribution in [-0.4, -0.2) is 23.5 Å². The second-order valence-electron chi connectivity index (χ2n) is 6.10. The van der Waals surface area contributed by atoms with Gasteiger partial charge < -0.3 is 9.84 Å². The summed E-state index contributed by atoms with van der Waals surface area (Å²) in [6, 6.07) is 4.84. The molecule has 1 aromatic rings. The Morgan fingerprint density at radius 2 is 2.00 bits per heavy atom. The zero-order valence-electron chi connectivity index (χ0n) is 14.9. The molecule has 0 saturated heterocycles. The molecule has 1 aliphatic carbocycles. The molecule has 0 aliphatic heterocycles. The van der Waals surface area contributed by atoms with E-state index in [0.29, 0.717) is 22.2 Å². The minimum Gasteiger partial charge on any atom is -0.485 e. The minimum atomic E-state index is -0.914. The second-order valence-corrected chi connectivity index (χ2v) is 6.94. The quantitative estimate of drug-likeness (QED) is 0.560. The summed E-state index contributed by atoms with van der Waals surface area (Å²) in [5, 5.41) is 14.7. The highest BCUT2D eigenvalue weighted by atomic mass is 35.5. The number of rotatable bonds is 8. The van der Waals surface area contributed by atoms with Gasteiger partial charge in [-0.2, -0.15) is 0 Å². The van der Waals surface area contributed by atoms with Gasteiger partial charge in [0.1, 0.15) is 23.9 Å². The van der Waals surface area contributed by atoms with Gasteiger partial charge in [0.2, 0.25) is 0 Å². The van der Waals surface area contributed by atoms with Crippen LogP contribution in [0.5, 0.6) is 5.75 Å². The van der Waals surface area contributed by atoms with Crippen LogP contribution >= 0.6 is 23.2 Å². The van der Waals surface area contributed by atoms with Gasteiger partial charge >= 0.3 is 0 Å². The van der Waals surface area contributed by atoms with E-state index in [-0.39, 0.29) is 18.3 Å². The SMILES string of the molecule is CCC(NC(O)C(CC)Oc1ccc(Cl)cc1Cl)C1=CC=C(F)CC=C1. The minimum absolute atomic E-state index is 0.123. The maximum absolute atomic E-state index is 13.4. The molecular formula is C20H24Cl2FNO2. The van der Waals surface area contributed by atoms with Crippen molar-refractivity contribution in [3.05, 3.63) is 63.9 Å². The largest absolute Gasteiger partial charge is 0.485 e. The fourth-order valence-electron chi connectivity index (χ4n) is 2.72. The van der Waals surface area contributed by atoms with Crippen LogP contribution in [0.3, 0.4) is 0 Å². The molecule has 3 atom stereocenters. The molecule has 3 nitrogen and oxygen atoms in total. The number of allylic oxidation sites excluding steroid dienone is 4. The van der Waals surface area contributed by atoms with E-state index in [1.807, 2.05) is 19.9 Å². The lowest BCUT2D eigenvalue weighted by Gasteiger charge is -2.28. The number of hydrogen-bond donors (Lipinski definition) is 2. The number of hydrogen-bond acceptors (Lipinski definition) is 3. The molecule has 0 bridgehead atoms. The molecule has 142 valence electrons. The molecule has 26 heavy (non-hydrogen) atoms. The molecule has 3 unspecified atom stereocenters. The molecule has 0 aromatic heterocycles. The summed E-state index contributed by atoms with van der Waals surface area (Å²) < 4.78 is 19.3.